The van der Waals surface area contributed by atoms with Crippen LogP contribution in [0.2, 0.25) is 5.02 Å². The molecule has 144 valence electrons. The van der Waals surface area contributed by atoms with E-state index >= 15 is 0 Å². The number of anilines is 1. The van der Waals surface area contributed by atoms with E-state index in [4.69, 9.17) is 21.1 Å². The number of benzene rings is 1. The molecule has 1 aromatic rings. The maximum atomic E-state index is 13.3. The normalized spacial score (nSPS) is 16.6. The number of hydrogen-bond acceptors (Lipinski definition) is 4. The molecule has 1 N–H and O–H groups in total. The van der Waals surface area contributed by atoms with Crippen LogP contribution in [0.4, 0.5) is 18.9 Å². The zero-order valence-electron chi connectivity index (χ0n) is 14.7. The van der Waals surface area contributed by atoms with Gasteiger partial charge in [0.1, 0.15) is 5.75 Å². The molecular weight excluding hydrogens is 371 g/mol. The Kier molecular flexibility index (Phi) is 6.44. The van der Waals surface area contributed by atoms with E-state index in [-0.39, 0.29) is 12.4 Å². The van der Waals surface area contributed by atoms with Crippen molar-refractivity contribution >= 4 is 29.3 Å². The SMILES string of the molecule is CCOC(=O)C1=Cc2cc(Cl)c(NCCC(C)C)cc2OC1C(F)(F)F. The first-order chi connectivity index (χ1) is 12.1. The summed E-state index contributed by atoms with van der Waals surface area (Å²) in [5.41, 5.74) is 0.191. The third-order valence-electron chi connectivity index (χ3n) is 3.78. The monoisotopic (exact) mass is 391 g/mol. The van der Waals surface area contributed by atoms with E-state index in [0.29, 0.717) is 28.7 Å². The van der Waals surface area contributed by atoms with Crippen molar-refractivity contribution in [3.05, 3.63) is 28.3 Å². The van der Waals surface area contributed by atoms with E-state index in [1.54, 1.807) is 0 Å². The molecule has 1 aliphatic heterocycles. The quantitative estimate of drug-likeness (QED) is 0.688. The Morgan fingerprint density at radius 3 is 2.65 bits per heavy atom. The van der Waals surface area contributed by atoms with E-state index < -0.39 is 23.8 Å². The van der Waals surface area contributed by atoms with Gasteiger partial charge in [0.05, 0.1) is 22.9 Å². The minimum absolute atomic E-state index is 0.0109. The fourth-order valence-electron chi connectivity index (χ4n) is 2.47. The summed E-state index contributed by atoms with van der Waals surface area (Å²) in [5, 5.41) is 3.43. The van der Waals surface area contributed by atoms with E-state index in [1.807, 2.05) is 0 Å². The molecule has 1 atom stereocenters. The van der Waals surface area contributed by atoms with Crippen LogP contribution in [0.15, 0.2) is 17.7 Å². The Morgan fingerprint density at radius 2 is 2.08 bits per heavy atom. The molecule has 1 heterocycles. The van der Waals surface area contributed by atoms with Gasteiger partial charge < -0.3 is 14.8 Å². The summed E-state index contributed by atoms with van der Waals surface area (Å²) in [4.78, 5) is 11.9. The molecule has 4 nitrogen and oxygen atoms in total. The van der Waals surface area contributed by atoms with Crippen LogP contribution < -0.4 is 10.1 Å². The topological polar surface area (TPSA) is 47.6 Å². The van der Waals surface area contributed by atoms with Gasteiger partial charge in [0.2, 0.25) is 6.10 Å². The molecule has 8 heteroatoms. The fourth-order valence-corrected chi connectivity index (χ4v) is 2.71. The molecule has 0 saturated heterocycles. The molecule has 0 fully saturated rings. The Labute approximate surface area is 155 Å². The number of fused-ring (bicyclic) bond motifs is 1. The summed E-state index contributed by atoms with van der Waals surface area (Å²) in [6, 6.07) is 2.90. The van der Waals surface area contributed by atoms with Gasteiger partial charge >= 0.3 is 12.1 Å². The maximum absolute atomic E-state index is 13.3. The van der Waals surface area contributed by atoms with Gasteiger partial charge in [-0.2, -0.15) is 13.2 Å². The van der Waals surface area contributed by atoms with Crippen molar-refractivity contribution in [2.24, 2.45) is 5.92 Å². The average Bonchev–Trinajstić information content (AvgIpc) is 2.53. The molecule has 0 saturated carbocycles. The molecule has 2 rings (SSSR count). The minimum Gasteiger partial charge on any atom is -0.475 e. The van der Waals surface area contributed by atoms with Crippen molar-refractivity contribution in [3.63, 3.8) is 0 Å². The average molecular weight is 392 g/mol. The zero-order valence-corrected chi connectivity index (χ0v) is 15.5. The predicted octanol–water partition coefficient (Wildman–Crippen LogP) is 5.07. The summed E-state index contributed by atoms with van der Waals surface area (Å²) in [5.74, 6) is -0.576. The number of halogens is 4. The first-order valence-corrected chi connectivity index (χ1v) is 8.70. The molecular formula is C18H21ClF3NO3. The van der Waals surface area contributed by atoms with Crippen LogP contribution in [0, 0.1) is 5.92 Å². The number of esters is 1. The second-order valence-corrected chi connectivity index (χ2v) is 6.75. The van der Waals surface area contributed by atoms with Crippen LogP contribution in [0.25, 0.3) is 6.08 Å². The lowest BCUT2D eigenvalue weighted by atomic mass is 10.0. The summed E-state index contributed by atoms with van der Waals surface area (Å²) >= 11 is 6.21. The van der Waals surface area contributed by atoms with Crippen LogP contribution in [0.5, 0.6) is 5.75 Å². The van der Waals surface area contributed by atoms with Gasteiger partial charge in [0.25, 0.3) is 0 Å². The lowest BCUT2D eigenvalue weighted by Crippen LogP contribution is -2.40. The van der Waals surface area contributed by atoms with Gasteiger partial charge in [-0.25, -0.2) is 4.79 Å². The molecule has 0 aromatic heterocycles. The molecule has 0 radical (unpaired) electrons. The van der Waals surface area contributed by atoms with Crippen LogP contribution in [0.3, 0.4) is 0 Å². The van der Waals surface area contributed by atoms with E-state index in [9.17, 15) is 18.0 Å². The summed E-state index contributed by atoms with van der Waals surface area (Å²) in [7, 11) is 0. The van der Waals surface area contributed by atoms with Gasteiger partial charge in [0, 0.05) is 18.2 Å². The smallest absolute Gasteiger partial charge is 0.430 e. The zero-order chi connectivity index (χ0) is 19.5. The summed E-state index contributed by atoms with van der Waals surface area (Å²) in [6.07, 6.45) is -5.12. The van der Waals surface area contributed by atoms with Gasteiger partial charge in [-0.3, -0.25) is 0 Å². The molecule has 1 aromatic carbocycles. The van der Waals surface area contributed by atoms with Crippen molar-refractivity contribution in [1.29, 1.82) is 0 Å². The van der Waals surface area contributed by atoms with Crippen LogP contribution in [-0.2, 0) is 9.53 Å². The molecule has 26 heavy (non-hydrogen) atoms. The lowest BCUT2D eigenvalue weighted by Gasteiger charge is -2.28. The third kappa shape index (κ3) is 4.84. The predicted molar refractivity (Wildman–Crippen MR) is 94.5 cm³/mol. The highest BCUT2D eigenvalue weighted by Crippen LogP contribution is 2.41. The second-order valence-electron chi connectivity index (χ2n) is 6.34. The number of ether oxygens (including phenoxy) is 2. The Bertz CT molecular complexity index is 702. The molecule has 0 aliphatic carbocycles. The number of nitrogens with one attached hydrogen (secondary N) is 1. The highest BCUT2D eigenvalue weighted by molar-refractivity contribution is 6.33. The molecule has 0 amide bonds. The molecule has 0 bridgehead atoms. The van der Waals surface area contributed by atoms with E-state index in [0.717, 1.165) is 12.5 Å². The van der Waals surface area contributed by atoms with Gasteiger partial charge in [-0.05, 0) is 31.4 Å². The van der Waals surface area contributed by atoms with Crippen molar-refractivity contribution in [1.82, 2.24) is 0 Å². The first-order valence-electron chi connectivity index (χ1n) is 8.33. The minimum atomic E-state index is -4.75. The fraction of sp³-hybridized carbons (Fsp3) is 0.500. The Hall–Kier alpha value is -1.89. The largest absolute Gasteiger partial charge is 0.475 e. The Morgan fingerprint density at radius 1 is 1.38 bits per heavy atom. The van der Waals surface area contributed by atoms with Crippen LogP contribution in [0.1, 0.15) is 32.8 Å². The number of carbonyl (C=O) groups is 1. The van der Waals surface area contributed by atoms with Gasteiger partial charge in [-0.1, -0.05) is 25.4 Å². The summed E-state index contributed by atoms with van der Waals surface area (Å²) in [6.45, 7) is 6.24. The highest BCUT2D eigenvalue weighted by atomic mass is 35.5. The maximum Gasteiger partial charge on any atom is 0.430 e. The molecule has 0 spiro atoms. The van der Waals surface area contributed by atoms with Crippen LogP contribution in [-0.4, -0.2) is 31.4 Å². The standard InChI is InChI=1S/C18H21ClF3NO3/c1-4-25-17(24)12-7-11-8-13(19)14(23-6-5-10(2)3)9-15(11)26-16(12)18(20,21)22/h7-10,16,23H,4-6H2,1-3H3. The second kappa shape index (κ2) is 8.20. The summed E-state index contributed by atoms with van der Waals surface area (Å²) < 4.78 is 49.9. The van der Waals surface area contributed by atoms with Crippen molar-refractivity contribution in [2.75, 3.05) is 18.5 Å². The van der Waals surface area contributed by atoms with Gasteiger partial charge in [0.15, 0.2) is 0 Å². The van der Waals surface area contributed by atoms with Gasteiger partial charge in [-0.15, -0.1) is 0 Å². The van der Waals surface area contributed by atoms with Crippen molar-refractivity contribution in [2.45, 2.75) is 39.5 Å². The lowest BCUT2D eigenvalue weighted by molar-refractivity contribution is -0.187. The molecule has 1 unspecified atom stereocenters. The van der Waals surface area contributed by atoms with Crippen molar-refractivity contribution < 1.29 is 27.4 Å². The van der Waals surface area contributed by atoms with Crippen LogP contribution >= 0.6 is 11.6 Å². The number of alkyl halides is 3. The number of carbonyl (C=O) groups excluding carboxylic acids is 1. The van der Waals surface area contributed by atoms with E-state index in [2.05, 4.69) is 19.2 Å². The number of rotatable bonds is 6. The first kappa shape index (κ1) is 20.4. The third-order valence-corrected chi connectivity index (χ3v) is 4.10. The highest BCUT2D eigenvalue weighted by Gasteiger charge is 2.48. The number of hydrogen-bond donors (Lipinski definition) is 1. The Balaban J connectivity index is 2.36. The van der Waals surface area contributed by atoms with Crippen molar-refractivity contribution in [3.8, 4) is 5.75 Å². The molecule has 1 aliphatic rings. The van der Waals surface area contributed by atoms with E-state index in [1.165, 1.54) is 19.1 Å².